The van der Waals surface area contributed by atoms with Crippen LogP contribution in [0.3, 0.4) is 0 Å². The van der Waals surface area contributed by atoms with Crippen LogP contribution < -0.4 is 5.73 Å². The minimum absolute atomic E-state index is 0.405. The summed E-state index contributed by atoms with van der Waals surface area (Å²) in [6, 6.07) is 13.5. The van der Waals surface area contributed by atoms with Crippen LogP contribution in [0.4, 0.5) is 5.69 Å². The molecule has 0 amide bonds. The number of rotatable bonds is 2. The summed E-state index contributed by atoms with van der Waals surface area (Å²) in [5, 5.41) is 0. The van der Waals surface area contributed by atoms with Gasteiger partial charge in [-0.3, -0.25) is 0 Å². The van der Waals surface area contributed by atoms with E-state index in [0.29, 0.717) is 11.3 Å². The van der Waals surface area contributed by atoms with Gasteiger partial charge in [0.1, 0.15) is 0 Å². The van der Waals surface area contributed by atoms with Gasteiger partial charge in [-0.15, -0.1) is 0 Å². The molecule has 0 heterocycles. The molecular formula is C15H15NO2. The van der Waals surface area contributed by atoms with Gasteiger partial charge < -0.3 is 10.5 Å². The summed E-state index contributed by atoms with van der Waals surface area (Å²) >= 11 is 0. The average Bonchev–Trinajstić information content (AvgIpc) is 2.39. The highest BCUT2D eigenvalue weighted by molar-refractivity contribution is 5.97. The molecule has 2 aromatic rings. The fourth-order valence-electron chi connectivity index (χ4n) is 1.95. The molecule has 0 aliphatic carbocycles. The average molecular weight is 241 g/mol. The minimum Gasteiger partial charge on any atom is -0.465 e. The van der Waals surface area contributed by atoms with Gasteiger partial charge in [0.15, 0.2) is 0 Å². The summed E-state index contributed by atoms with van der Waals surface area (Å²) in [6.07, 6.45) is 0. The number of hydrogen-bond acceptors (Lipinski definition) is 3. The third kappa shape index (κ3) is 2.20. The number of ether oxygens (including phenoxy) is 1. The monoisotopic (exact) mass is 241 g/mol. The molecule has 3 nitrogen and oxygen atoms in total. The zero-order valence-corrected chi connectivity index (χ0v) is 10.4. The summed E-state index contributed by atoms with van der Waals surface area (Å²) < 4.78 is 4.73. The molecule has 3 heteroatoms. The number of nitrogens with two attached hydrogens (primary N) is 1. The molecule has 0 spiro atoms. The summed E-state index contributed by atoms with van der Waals surface area (Å²) in [5.41, 5.74) is 9.77. The van der Waals surface area contributed by atoms with E-state index in [4.69, 9.17) is 10.5 Å². The molecule has 0 saturated carbocycles. The SMILES string of the molecule is COC(=O)c1cc(-c2ccccc2)c(C)cc1N. The summed E-state index contributed by atoms with van der Waals surface area (Å²) in [7, 11) is 1.35. The first kappa shape index (κ1) is 12.2. The first-order valence-electron chi connectivity index (χ1n) is 5.67. The van der Waals surface area contributed by atoms with Crippen molar-refractivity contribution in [2.45, 2.75) is 6.92 Å². The molecule has 0 atom stereocenters. The van der Waals surface area contributed by atoms with Crippen molar-refractivity contribution in [2.24, 2.45) is 0 Å². The van der Waals surface area contributed by atoms with Crippen LogP contribution in [0, 0.1) is 6.92 Å². The third-order valence-corrected chi connectivity index (χ3v) is 2.89. The van der Waals surface area contributed by atoms with Crippen molar-refractivity contribution in [3.63, 3.8) is 0 Å². The third-order valence-electron chi connectivity index (χ3n) is 2.89. The second-order valence-corrected chi connectivity index (χ2v) is 4.11. The fraction of sp³-hybridized carbons (Fsp3) is 0.133. The van der Waals surface area contributed by atoms with Gasteiger partial charge in [-0.05, 0) is 35.7 Å². The number of methoxy groups -OCH3 is 1. The minimum atomic E-state index is -0.412. The molecule has 92 valence electrons. The van der Waals surface area contributed by atoms with Crippen LogP contribution in [0.15, 0.2) is 42.5 Å². The molecule has 0 radical (unpaired) electrons. The highest BCUT2D eigenvalue weighted by Crippen LogP contribution is 2.28. The van der Waals surface area contributed by atoms with Crippen molar-refractivity contribution in [2.75, 3.05) is 12.8 Å². The number of carbonyl (C=O) groups excluding carboxylic acids is 1. The van der Waals surface area contributed by atoms with Gasteiger partial charge in [0.05, 0.1) is 12.7 Å². The van der Waals surface area contributed by atoms with Crippen molar-refractivity contribution in [3.8, 4) is 11.1 Å². The summed E-state index contributed by atoms with van der Waals surface area (Å²) in [6.45, 7) is 1.97. The van der Waals surface area contributed by atoms with Gasteiger partial charge >= 0.3 is 5.97 Å². The quantitative estimate of drug-likeness (QED) is 0.649. The van der Waals surface area contributed by atoms with Crippen molar-refractivity contribution in [3.05, 3.63) is 53.6 Å². The van der Waals surface area contributed by atoms with Gasteiger partial charge in [-0.25, -0.2) is 4.79 Å². The van der Waals surface area contributed by atoms with Gasteiger partial charge in [0.2, 0.25) is 0 Å². The molecule has 2 rings (SSSR count). The first-order chi connectivity index (χ1) is 8.63. The number of esters is 1. The Morgan fingerprint density at radius 1 is 1.17 bits per heavy atom. The van der Waals surface area contributed by atoms with Gasteiger partial charge in [-0.1, -0.05) is 30.3 Å². The Kier molecular flexibility index (Phi) is 3.33. The number of hydrogen-bond donors (Lipinski definition) is 1. The normalized spacial score (nSPS) is 10.1. The molecule has 0 saturated heterocycles. The summed E-state index contributed by atoms with van der Waals surface area (Å²) in [4.78, 5) is 11.6. The smallest absolute Gasteiger partial charge is 0.339 e. The number of nitrogen functional groups attached to an aromatic ring is 1. The van der Waals surface area contributed by atoms with Crippen molar-refractivity contribution in [1.29, 1.82) is 0 Å². The molecule has 2 N–H and O–H groups in total. The lowest BCUT2D eigenvalue weighted by Crippen LogP contribution is -2.06. The van der Waals surface area contributed by atoms with E-state index in [1.54, 1.807) is 12.1 Å². The van der Waals surface area contributed by atoms with E-state index >= 15 is 0 Å². The topological polar surface area (TPSA) is 52.3 Å². The van der Waals surface area contributed by atoms with Crippen LogP contribution in [0.5, 0.6) is 0 Å². The van der Waals surface area contributed by atoms with E-state index in [-0.39, 0.29) is 0 Å². The second kappa shape index (κ2) is 4.92. The highest BCUT2D eigenvalue weighted by Gasteiger charge is 2.13. The van der Waals surface area contributed by atoms with Crippen LogP contribution in [0.25, 0.3) is 11.1 Å². The zero-order chi connectivity index (χ0) is 13.1. The van der Waals surface area contributed by atoms with Crippen LogP contribution in [0.2, 0.25) is 0 Å². The number of carbonyl (C=O) groups is 1. The van der Waals surface area contributed by atoms with Crippen molar-refractivity contribution < 1.29 is 9.53 Å². The highest BCUT2D eigenvalue weighted by atomic mass is 16.5. The first-order valence-corrected chi connectivity index (χ1v) is 5.67. The maximum atomic E-state index is 11.6. The molecule has 0 fully saturated rings. The molecule has 0 aromatic heterocycles. The van der Waals surface area contributed by atoms with Crippen LogP contribution >= 0.6 is 0 Å². The Morgan fingerprint density at radius 2 is 1.83 bits per heavy atom. The van der Waals surface area contributed by atoms with E-state index in [0.717, 1.165) is 16.7 Å². The van der Waals surface area contributed by atoms with E-state index in [1.807, 2.05) is 37.3 Å². The van der Waals surface area contributed by atoms with E-state index < -0.39 is 5.97 Å². The van der Waals surface area contributed by atoms with Crippen LogP contribution in [-0.2, 0) is 4.74 Å². The molecule has 0 aliphatic rings. The predicted octanol–water partition coefficient (Wildman–Crippen LogP) is 3.03. The van der Waals surface area contributed by atoms with Crippen LogP contribution in [0.1, 0.15) is 15.9 Å². The number of anilines is 1. The summed E-state index contributed by atoms with van der Waals surface area (Å²) in [5.74, 6) is -0.412. The molecule has 0 bridgehead atoms. The van der Waals surface area contributed by atoms with Crippen LogP contribution in [-0.4, -0.2) is 13.1 Å². The maximum Gasteiger partial charge on any atom is 0.339 e. The lowest BCUT2D eigenvalue weighted by atomic mass is 9.97. The van der Waals surface area contributed by atoms with Crippen molar-refractivity contribution in [1.82, 2.24) is 0 Å². The molecular weight excluding hydrogens is 226 g/mol. The van der Waals surface area contributed by atoms with E-state index in [9.17, 15) is 4.79 Å². The molecule has 0 unspecified atom stereocenters. The lowest BCUT2D eigenvalue weighted by molar-refractivity contribution is 0.0602. The Morgan fingerprint density at radius 3 is 2.44 bits per heavy atom. The number of benzene rings is 2. The lowest BCUT2D eigenvalue weighted by Gasteiger charge is -2.11. The Bertz CT molecular complexity index is 577. The van der Waals surface area contributed by atoms with E-state index in [2.05, 4.69) is 0 Å². The van der Waals surface area contributed by atoms with E-state index in [1.165, 1.54) is 7.11 Å². The van der Waals surface area contributed by atoms with Gasteiger partial charge in [0.25, 0.3) is 0 Å². The predicted molar refractivity (Wildman–Crippen MR) is 72.4 cm³/mol. The Balaban J connectivity index is 2.59. The number of aryl methyl sites for hydroxylation is 1. The van der Waals surface area contributed by atoms with Gasteiger partial charge in [0, 0.05) is 5.69 Å². The zero-order valence-electron chi connectivity index (χ0n) is 10.4. The van der Waals surface area contributed by atoms with Crippen molar-refractivity contribution >= 4 is 11.7 Å². The van der Waals surface area contributed by atoms with Gasteiger partial charge in [-0.2, -0.15) is 0 Å². The molecule has 0 aliphatic heterocycles. The second-order valence-electron chi connectivity index (χ2n) is 4.11. The Labute approximate surface area is 106 Å². The Hall–Kier alpha value is -2.29. The fourth-order valence-corrected chi connectivity index (χ4v) is 1.95. The standard InChI is InChI=1S/C15H15NO2/c1-10-8-14(16)13(15(17)18-2)9-12(10)11-6-4-3-5-7-11/h3-9H,16H2,1-2H3. The maximum absolute atomic E-state index is 11.6. The largest absolute Gasteiger partial charge is 0.465 e. The molecule has 2 aromatic carbocycles. The molecule has 18 heavy (non-hydrogen) atoms.